The molecule has 0 aromatic carbocycles. The van der Waals surface area contributed by atoms with E-state index in [1.54, 1.807) is 11.8 Å². The molecule has 9 heavy (non-hydrogen) atoms. The molecule has 0 aliphatic carbocycles. The highest BCUT2D eigenvalue weighted by molar-refractivity contribution is 7.99. The molecule has 0 aliphatic rings. The highest BCUT2D eigenvalue weighted by Gasteiger charge is 1.87. The summed E-state index contributed by atoms with van der Waals surface area (Å²) in [7, 11) is 0. The average Bonchev–Trinajstić information content (AvgIpc) is 1.80. The Morgan fingerprint density at radius 3 is 2.67 bits per heavy atom. The van der Waals surface area contributed by atoms with Gasteiger partial charge in [0, 0.05) is 5.75 Å². The van der Waals surface area contributed by atoms with Crippen molar-refractivity contribution in [1.29, 1.82) is 0 Å². The molecule has 0 saturated heterocycles. The van der Waals surface area contributed by atoms with Gasteiger partial charge in [0.25, 0.3) is 0 Å². The van der Waals surface area contributed by atoms with Gasteiger partial charge in [0.05, 0.1) is 6.61 Å². The minimum Gasteiger partial charge on any atom is -0.396 e. The summed E-state index contributed by atoms with van der Waals surface area (Å²) in [6.45, 7) is 6.10. The minimum atomic E-state index is 0.293. The fourth-order valence-electron chi connectivity index (χ4n) is 0.413. The van der Waals surface area contributed by atoms with E-state index in [0.29, 0.717) is 6.61 Å². The maximum Gasteiger partial charge on any atom is 0.0521 e. The third-order valence-corrected chi connectivity index (χ3v) is 1.87. The average molecular weight is 146 g/mol. The summed E-state index contributed by atoms with van der Waals surface area (Å²) in [5.41, 5.74) is 1.22. The second-order valence-electron chi connectivity index (χ2n) is 2.04. The fourth-order valence-corrected chi connectivity index (χ4v) is 1.24. The summed E-state index contributed by atoms with van der Waals surface area (Å²) in [5, 5.41) is 8.39. The van der Waals surface area contributed by atoms with Crippen molar-refractivity contribution in [2.24, 2.45) is 0 Å². The number of thioether (sulfide) groups is 1. The summed E-state index contributed by atoms with van der Waals surface area (Å²) >= 11 is 1.77. The Morgan fingerprint density at radius 2 is 2.22 bits per heavy atom. The number of hydrogen-bond acceptors (Lipinski definition) is 2. The van der Waals surface area contributed by atoms with Gasteiger partial charge in [-0.05, 0) is 19.1 Å². The van der Waals surface area contributed by atoms with Crippen LogP contribution in [0.5, 0.6) is 0 Å². The number of allylic oxidation sites excluding steroid dienone is 1. The first-order chi connectivity index (χ1) is 4.27. The van der Waals surface area contributed by atoms with E-state index in [1.807, 2.05) is 6.92 Å². The Labute approximate surface area is 61.2 Å². The van der Waals surface area contributed by atoms with Gasteiger partial charge in [-0.25, -0.2) is 0 Å². The van der Waals surface area contributed by atoms with E-state index in [2.05, 4.69) is 6.58 Å². The molecule has 0 spiro atoms. The number of aliphatic hydroxyl groups excluding tert-OH is 1. The van der Waals surface area contributed by atoms with Crippen LogP contribution in [-0.2, 0) is 0 Å². The molecule has 0 amide bonds. The van der Waals surface area contributed by atoms with E-state index in [0.717, 1.165) is 17.9 Å². The molecular weight excluding hydrogens is 132 g/mol. The van der Waals surface area contributed by atoms with Crippen LogP contribution < -0.4 is 0 Å². The third kappa shape index (κ3) is 8.05. The van der Waals surface area contributed by atoms with Crippen LogP contribution in [0.3, 0.4) is 0 Å². The van der Waals surface area contributed by atoms with E-state index < -0.39 is 0 Å². The molecule has 2 heteroatoms. The predicted octanol–water partition coefficient (Wildman–Crippen LogP) is 1.68. The Kier molecular flexibility index (Phi) is 6.21. The molecule has 0 unspecified atom stereocenters. The van der Waals surface area contributed by atoms with E-state index >= 15 is 0 Å². The molecule has 54 valence electrons. The molecular formula is C7H14OS. The van der Waals surface area contributed by atoms with Gasteiger partial charge in [0.2, 0.25) is 0 Å². The SMILES string of the molecule is C=C(C)CCSCCO. The lowest BCUT2D eigenvalue weighted by Crippen LogP contribution is -1.88. The lowest BCUT2D eigenvalue weighted by atomic mass is 10.3. The van der Waals surface area contributed by atoms with Crippen molar-refractivity contribution < 1.29 is 5.11 Å². The number of hydrogen-bond donors (Lipinski definition) is 1. The molecule has 0 bridgehead atoms. The Morgan fingerprint density at radius 1 is 1.56 bits per heavy atom. The second-order valence-corrected chi connectivity index (χ2v) is 3.27. The molecule has 0 fully saturated rings. The van der Waals surface area contributed by atoms with Crippen molar-refractivity contribution in [3.8, 4) is 0 Å². The molecule has 0 aliphatic heterocycles. The Balaban J connectivity index is 2.83. The highest BCUT2D eigenvalue weighted by Crippen LogP contribution is 2.05. The molecule has 1 N–H and O–H groups in total. The van der Waals surface area contributed by atoms with Crippen LogP contribution in [0.1, 0.15) is 13.3 Å². The fraction of sp³-hybridized carbons (Fsp3) is 0.714. The van der Waals surface area contributed by atoms with Crippen LogP contribution in [0, 0.1) is 0 Å². The lowest BCUT2D eigenvalue weighted by molar-refractivity contribution is 0.322. The molecule has 0 rings (SSSR count). The normalized spacial score (nSPS) is 9.56. The zero-order chi connectivity index (χ0) is 7.11. The number of aliphatic hydroxyl groups is 1. The smallest absolute Gasteiger partial charge is 0.0521 e. The van der Waals surface area contributed by atoms with E-state index in [4.69, 9.17) is 5.11 Å². The molecule has 0 saturated carbocycles. The van der Waals surface area contributed by atoms with Crippen molar-refractivity contribution in [1.82, 2.24) is 0 Å². The quantitative estimate of drug-likeness (QED) is 0.470. The standard InChI is InChI=1S/C7H14OS/c1-7(2)3-5-9-6-4-8/h8H,1,3-6H2,2H3. The summed E-state index contributed by atoms with van der Waals surface area (Å²) in [4.78, 5) is 0. The first-order valence-corrected chi connectivity index (χ1v) is 4.26. The predicted molar refractivity (Wildman–Crippen MR) is 43.8 cm³/mol. The van der Waals surface area contributed by atoms with Gasteiger partial charge in [-0.15, -0.1) is 6.58 Å². The van der Waals surface area contributed by atoms with Crippen molar-refractivity contribution in [2.75, 3.05) is 18.1 Å². The molecule has 0 atom stereocenters. The van der Waals surface area contributed by atoms with Gasteiger partial charge >= 0.3 is 0 Å². The molecule has 0 aromatic rings. The van der Waals surface area contributed by atoms with Crippen LogP contribution >= 0.6 is 11.8 Å². The zero-order valence-corrected chi connectivity index (χ0v) is 6.71. The van der Waals surface area contributed by atoms with Gasteiger partial charge in [-0.3, -0.25) is 0 Å². The van der Waals surface area contributed by atoms with Gasteiger partial charge in [0.15, 0.2) is 0 Å². The van der Waals surface area contributed by atoms with Gasteiger partial charge in [-0.1, -0.05) is 5.57 Å². The molecule has 0 radical (unpaired) electrons. The number of rotatable bonds is 5. The zero-order valence-electron chi connectivity index (χ0n) is 5.89. The first kappa shape index (κ1) is 9.05. The second kappa shape index (κ2) is 6.17. The molecule has 1 nitrogen and oxygen atoms in total. The maximum atomic E-state index is 8.39. The van der Waals surface area contributed by atoms with Crippen LogP contribution in [-0.4, -0.2) is 23.2 Å². The topological polar surface area (TPSA) is 20.2 Å². The molecule has 0 heterocycles. The summed E-state index contributed by atoms with van der Waals surface area (Å²) < 4.78 is 0. The van der Waals surface area contributed by atoms with Crippen molar-refractivity contribution in [2.45, 2.75) is 13.3 Å². The third-order valence-electron chi connectivity index (χ3n) is 0.909. The van der Waals surface area contributed by atoms with Crippen LogP contribution in [0.4, 0.5) is 0 Å². The highest BCUT2D eigenvalue weighted by atomic mass is 32.2. The summed E-state index contributed by atoms with van der Waals surface area (Å²) in [6.07, 6.45) is 1.07. The van der Waals surface area contributed by atoms with E-state index in [-0.39, 0.29) is 0 Å². The molecule has 0 aromatic heterocycles. The van der Waals surface area contributed by atoms with Gasteiger partial charge < -0.3 is 5.11 Å². The largest absolute Gasteiger partial charge is 0.396 e. The van der Waals surface area contributed by atoms with E-state index in [1.165, 1.54) is 5.57 Å². The summed E-state index contributed by atoms with van der Waals surface area (Å²) in [6, 6.07) is 0. The van der Waals surface area contributed by atoms with Crippen LogP contribution in [0.25, 0.3) is 0 Å². The van der Waals surface area contributed by atoms with Crippen LogP contribution in [0.2, 0.25) is 0 Å². The monoisotopic (exact) mass is 146 g/mol. The van der Waals surface area contributed by atoms with Gasteiger partial charge in [-0.2, -0.15) is 11.8 Å². The Hall–Kier alpha value is 0.0500. The summed E-state index contributed by atoms with van der Waals surface area (Å²) in [5.74, 6) is 1.95. The first-order valence-electron chi connectivity index (χ1n) is 3.10. The Bertz CT molecular complexity index is 81.0. The minimum absolute atomic E-state index is 0.293. The van der Waals surface area contributed by atoms with Crippen molar-refractivity contribution >= 4 is 11.8 Å². The van der Waals surface area contributed by atoms with Crippen molar-refractivity contribution in [3.05, 3.63) is 12.2 Å². The van der Waals surface area contributed by atoms with E-state index in [9.17, 15) is 0 Å². The van der Waals surface area contributed by atoms with Gasteiger partial charge in [0.1, 0.15) is 0 Å². The van der Waals surface area contributed by atoms with Crippen LogP contribution in [0.15, 0.2) is 12.2 Å². The maximum absolute atomic E-state index is 8.39. The lowest BCUT2D eigenvalue weighted by Gasteiger charge is -1.96. The van der Waals surface area contributed by atoms with Crippen molar-refractivity contribution in [3.63, 3.8) is 0 Å².